The van der Waals surface area contributed by atoms with Gasteiger partial charge in [-0.2, -0.15) is 5.10 Å². The minimum atomic E-state index is 0.0939. The van der Waals surface area contributed by atoms with E-state index in [-0.39, 0.29) is 5.54 Å². The normalized spacial score (nSPS) is 12.1. The van der Waals surface area contributed by atoms with Crippen LogP contribution in [-0.2, 0) is 6.54 Å². The molecule has 2 aromatic rings. The molecule has 0 unspecified atom stereocenters. The highest BCUT2D eigenvalue weighted by molar-refractivity contribution is 6.30. The monoisotopic (exact) mass is 305 g/mol. The zero-order valence-corrected chi connectivity index (χ0v) is 14.2. The first-order valence-corrected chi connectivity index (χ1v) is 7.73. The minimum absolute atomic E-state index is 0.0939. The maximum atomic E-state index is 5.97. The molecule has 1 N–H and O–H groups in total. The number of benzene rings is 1. The molecule has 0 amide bonds. The van der Waals surface area contributed by atoms with Crippen LogP contribution in [0.2, 0.25) is 5.02 Å². The summed E-state index contributed by atoms with van der Waals surface area (Å²) in [4.78, 5) is 0. The lowest BCUT2D eigenvalue weighted by atomic mass is 10.0. The maximum Gasteiger partial charge on any atom is 0.0650 e. The Kier molecular flexibility index (Phi) is 4.74. The van der Waals surface area contributed by atoms with Crippen molar-refractivity contribution in [2.24, 2.45) is 0 Å². The number of nitrogens with one attached hydrogen (secondary N) is 1. The SMILES string of the molecule is CC(C)c1c(CNC(C)(C)C)cnn1-c1ccc(Cl)cc1. The van der Waals surface area contributed by atoms with Crippen LogP contribution in [0.1, 0.15) is 51.8 Å². The molecule has 114 valence electrons. The van der Waals surface area contributed by atoms with Crippen LogP contribution in [0.3, 0.4) is 0 Å². The van der Waals surface area contributed by atoms with Gasteiger partial charge in [0.1, 0.15) is 0 Å². The van der Waals surface area contributed by atoms with Crippen LogP contribution in [0.15, 0.2) is 30.5 Å². The van der Waals surface area contributed by atoms with Gasteiger partial charge in [-0.1, -0.05) is 25.4 Å². The van der Waals surface area contributed by atoms with E-state index in [1.54, 1.807) is 0 Å². The van der Waals surface area contributed by atoms with E-state index < -0.39 is 0 Å². The number of rotatable bonds is 4. The summed E-state index contributed by atoms with van der Waals surface area (Å²) in [6.07, 6.45) is 1.96. The lowest BCUT2D eigenvalue weighted by molar-refractivity contribution is 0.423. The summed E-state index contributed by atoms with van der Waals surface area (Å²) in [6, 6.07) is 7.80. The van der Waals surface area contributed by atoms with Crippen molar-refractivity contribution in [1.29, 1.82) is 0 Å². The zero-order valence-electron chi connectivity index (χ0n) is 13.4. The average Bonchev–Trinajstić information content (AvgIpc) is 2.80. The molecule has 0 aliphatic carbocycles. The van der Waals surface area contributed by atoms with Crippen LogP contribution >= 0.6 is 11.6 Å². The molecule has 0 aliphatic heterocycles. The molecule has 0 atom stereocenters. The summed E-state index contributed by atoms with van der Waals surface area (Å²) in [7, 11) is 0. The third-order valence-corrected chi connectivity index (χ3v) is 3.57. The fourth-order valence-corrected chi connectivity index (χ4v) is 2.42. The molecule has 0 bridgehead atoms. The summed E-state index contributed by atoms with van der Waals surface area (Å²) in [5.74, 6) is 0.403. The predicted octanol–water partition coefficient (Wildman–Crippen LogP) is 4.54. The topological polar surface area (TPSA) is 29.9 Å². The predicted molar refractivity (Wildman–Crippen MR) is 89.3 cm³/mol. The fourth-order valence-electron chi connectivity index (χ4n) is 2.29. The molecular formula is C17H24ClN3. The van der Waals surface area contributed by atoms with Gasteiger partial charge in [0.25, 0.3) is 0 Å². The Bertz CT molecular complexity index is 591. The Labute approximate surface area is 132 Å². The van der Waals surface area contributed by atoms with Crippen molar-refractivity contribution in [3.8, 4) is 5.69 Å². The largest absolute Gasteiger partial charge is 0.308 e. The Hall–Kier alpha value is -1.32. The number of hydrogen-bond donors (Lipinski definition) is 1. The molecule has 0 aliphatic rings. The molecule has 1 aromatic heterocycles. The van der Waals surface area contributed by atoms with Gasteiger partial charge >= 0.3 is 0 Å². The van der Waals surface area contributed by atoms with Gasteiger partial charge in [0.2, 0.25) is 0 Å². The summed E-state index contributed by atoms with van der Waals surface area (Å²) < 4.78 is 2.01. The highest BCUT2D eigenvalue weighted by atomic mass is 35.5. The Balaban J connectivity index is 2.35. The van der Waals surface area contributed by atoms with Crippen molar-refractivity contribution in [2.45, 2.75) is 52.6 Å². The van der Waals surface area contributed by atoms with E-state index in [1.165, 1.54) is 11.3 Å². The minimum Gasteiger partial charge on any atom is -0.308 e. The van der Waals surface area contributed by atoms with Gasteiger partial charge in [0.05, 0.1) is 17.6 Å². The van der Waals surface area contributed by atoms with E-state index in [0.29, 0.717) is 5.92 Å². The van der Waals surface area contributed by atoms with Crippen molar-refractivity contribution in [1.82, 2.24) is 15.1 Å². The van der Waals surface area contributed by atoms with Crippen LogP contribution in [0, 0.1) is 0 Å². The first-order valence-electron chi connectivity index (χ1n) is 7.35. The van der Waals surface area contributed by atoms with Gasteiger partial charge in [-0.05, 0) is 51.0 Å². The fraction of sp³-hybridized carbons (Fsp3) is 0.471. The second-order valence-corrected chi connectivity index (χ2v) is 7.14. The van der Waals surface area contributed by atoms with Gasteiger partial charge in [0, 0.05) is 22.7 Å². The molecule has 0 radical (unpaired) electrons. The molecule has 21 heavy (non-hydrogen) atoms. The average molecular weight is 306 g/mol. The third kappa shape index (κ3) is 4.08. The smallest absolute Gasteiger partial charge is 0.0650 e. The van der Waals surface area contributed by atoms with Gasteiger partial charge < -0.3 is 5.32 Å². The molecule has 1 heterocycles. The van der Waals surface area contributed by atoms with Gasteiger partial charge in [0.15, 0.2) is 0 Å². The molecule has 1 aromatic carbocycles. The quantitative estimate of drug-likeness (QED) is 0.899. The molecule has 3 nitrogen and oxygen atoms in total. The second kappa shape index (κ2) is 6.20. The standard InChI is InChI=1S/C17H24ClN3/c1-12(2)16-13(10-19-17(3,4)5)11-20-21(16)15-8-6-14(18)7-9-15/h6-9,11-12,19H,10H2,1-5H3. The Morgan fingerprint density at radius 1 is 1.19 bits per heavy atom. The van der Waals surface area contributed by atoms with Crippen LogP contribution < -0.4 is 5.32 Å². The van der Waals surface area contributed by atoms with Crippen LogP contribution in [0.25, 0.3) is 5.69 Å². The van der Waals surface area contributed by atoms with E-state index in [0.717, 1.165) is 17.3 Å². The second-order valence-electron chi connectivity index (χ2n) is 6.70. The van der Waals surface area contributed by atoms with E-state index in [4.69, 9.17) is 11.6 Å². The number of aromatic nitrogens is 2. The van der Waals surface area contributed by atoms with Gasteiger partial charge in [-0.15, -0.1) is 0 Å². The van der Waals surface area contributed by atoms with Crippen LogP contribution in [0.5, 0.6) is 0 Å². The van der Waals surface area contributed by atoms with Gasteiger partial charge in [-0.25, -0.2) is 4.68 Å². The first kappa shape index (κ1) is 16.1. The summed E-state index contributed by atoms with van der Waals surface area (Å²) >= 11 is 5.97. The van der Waals surface area contributed by atoms with Crippen LogP contribution in [0.4, 0.5) is 0 Å². The van der Waals surface area contributed by atoms with Gasteiger partial charge in [-0.3, -0.25) is 0 Å². The zero-order chi connectivity index (χ0) is 15.6. The van der Waals surface area contributed by atoms with E-state index >= 15 is 0 Å². The van der Waals surface area contributed by atoms with Crippen molar-refractivity contribution in [3.63, 3.8) is 0 Å². The molecule has 2 rings (SSSR count). The molecule has 4 heteroatoms. The number of hydrogen-bond acceptors (Lipinski definition) is 2. The van der Waals surface area contributed by atoms with E-state index in [1.807, 2.05) is 35.1 Å². The molecule has 0 saturated heterocycles. The summed E-state index contributed by atoms with van der Waals surface area (Å²) in [6.45, 7) is 11.7. The molecule has 0 spiro atoms. The molecular weight excluding hydrogens is 282 g/mol. The van der Waals surface area contributed by atoms with Crippen molar-refractivity contribution in [2.75, 3.05) is 0 Å². The maximum absolute atomic E-state index is 5.97. The van der Waals surface area contributed by atoms with E-state index in [9.17, 15) is 0 Å². The molecule has 0 saturated carbocycles. The van der Waals surface area contributed by atoms with Crippen molar-refractivity contribution >= 4 is 11.6 Å². The number of halogens is 1. The summed E-state index contributed by atoms with van der Waals surface area (Å²) in [5, 5.41) is 8.85. The van der Waals surface area contributed by atoms with Crippen molar-refractivity contribution in [3.05, 3.63) is 46.7 Å². The third-order valence-electron chi connectivity index (χ3n) is 3.31. The highest BCUT2D eigenvalue weighted by Crippen LogP contribution is 2.24. The molecule has 0 fully saturated rings. The highest BCUT2D eigenvalue weighted by Gasteiger charge is 2.17. The Morgan fingerprint density at radius 3 is 2.33 bits per heavy atom. The van der Waals surface area contributed by atoms with E-state index in [2.05, 4.69) is 45.0 Å². The lowest BCUT2D eigenvalue weighted by Crippen LogP contribution is -2.35. The van der Waals surface area contributed by atoms with Crippen molar-refractivity contribution < 1.29 is 0 Å². The lowest BCUT2D eigenvalue weighted by Gasteiger charge is -2.21. The summed E-state index contributed by atoms with van der Waals surface area (Å²) in [5.41, 5.74) is 3.63. The van der Waals surface area contributed by atoms with Crippen LogP contribution in [-0.4, -0.2) is 15.3 Å². The Morgan fingerprint density at radius 2 is 1.81 bits per heavy atom. The first-order chi connectivity index (χ1) is 9.78. The number of nitrogens with zero attached hydrogens (tertiary/aromatic N) is 2.